The molecule has 0 saturated heterocycles. The third-order valence-corrected chi connectivity index (χ3v) is 3.71. The standard InChI is InChI=1S/C17H21NO/c1-11-8-9-15(16(10-11)19-4)17(18)14-7-5-6-12(2)13(14)3/h5-10,17H,18H2,1-4H3. The Bertz CT molecular complexity index is 590. The van der Waals surface area contributed by atoms with Crippen molar-refractivity contribution in [1.29, 1.82) is 0 Å². The van der Waals surface area contributed by atoms with Crippen molar-refractivity contribution in [2.24, 2.45) is 5.73 Å². The summed E-state index contributed by atoms with van der Waals surface area (Å²) < 4.78 is 5.46. The fraction of sp³-hybridized carbons (Fsp3) is 0.294. The van der Waals surface area contributed by atoms with Gasteiger partial charge in [0.15, 0.2) is 0 Å². The molecule has 0 fully saturated rings. The summed E-state index contributed by atoms with van der Waals surface area (Å²) in [6.45, 7) is 6.28. The molecule has 0 saturated carbocycles. The topological polar surface area (TPSA) is 35.2 Å². The molecule has 100 valence electrons. The largest absolute Gasteiger partial charge is 0.496 e. The number of nitrogens with two attached hydrogens (primary N) is 1. The third-order valence-electron chi connectivity index (χ3n) is 3.71. The van der Waals surface area contributed by atoms with Gasteiger partial charge >= 0.3 is 0 Å². The number of ether oxygens (including phenoxy) is 1. The Morgan fingerprint density at radius 2 is 1.74 bits per heavy atom. The summed E-state index contributed by atoms with van der Waals surface area (Å²) in [7, 11) is 1.69. The van der Waals surface area contributed by atoms with E-state index < -0.39 is 0 Å². The molecule has 19 heavy (non-hydrogen) atoms. The summed E-state index contributed by atoms with van der Waals surface area (Å²) >= 11 is 0. The number of benzene rings is 2. The lowest BCUT2D eigenvalue weighted by Gasteiger charge is -2.19. The second-order valence-electron chi connectivity index (χ2n) is 5.01. The van der Waals surface area contributed by atoms with Gasteiger partial charge in [0.05, 0.1) is 13.2 Å². The quantitative estimate of drug-likeness (QED) is 0.908. The first-order valence-corrected chi connectivity index (χ1v) is 6.51. The zero-order valence-electron chi connectivity index (χ0n) is 12.0. The van der Waals surface area contributed by atoms with Crippen LogP contribution in [0.2, 0.25) is 0 Å². The molecular formula is C17H21NO. The Balaban J connectivity index is 2.49. The summed E-state index contributed by atoms with van der Waals surface area (Å²) in [5, 5.41) is 0. The molecule has 1 atom stereocenters. The van der Waals surface area contributed by atoms with Crippen molar-refractivity contribution < 1.29 is 4.74 Å². The molecule has 2 heteroatoms. The zero-order valence-corrected chi connectivity index (χ0v) is 12.0. The molecule has 2 nitrogen and oxygen atoms in total. The van der Waals surface area contributed by atoms with Crippen molar-refractivity contribution in [2.75, 3.05) is 7.11 Å². The summed E-state index contributed by atoms with van der Waals surface area (Å²) in [4.78, 5) is 0. The van der Waals surface area contributed by atoms with Crippen LogP contribution in [0.25, 0.3) is 0 Å². The summed E-state index contributed by atoms with van der Waals surface area (Å²) in [5.41, 5.74) is 12.3. The molecule has 0 amide bonds. The Morgan fingerprint density at radius 3 is 2.42 bits per heavy atom. The van der Waals surface area contributed by atoms with E-state index in [4.69, 9.17) is 10.5 Å². The molecule has 0 spiro atoms. The lowest BCUT2D eigenvalue weighted by molar-refractivity contribution is 0.407. The van der Waals surface area contributed by atoms with E-state index in [1.807, 2.05) is 6.07 Å². The summed E-state index contributed by atoms with van der Waals surface area (Å²) in [5.74, 6) is 0.855. The van der Waals surface area contributed by atoms with Crippen molar-refractivity contribution in [2.45, 2.75) is 26.8 Å². The van der Waals surface area contributed by atoms with E-state index in [0.717, 1.165) is 16.9 Å². The molecular weight excluding hydrogens is 234 g/mol. The van der Waals surface area contributed by atoms with Gasteiger partial charge in [-0.25, -0.2) is 0 Å². The molecule has 0 aliphatic rings. The van der Waals surface area contributed by atoms with Crippen LogP contribution in [0.5, 0.6) is 5.75 Å². The monoisotopic (exact) mass is 255 g/mol. The van der Waals surface area contributed by atoms with Gasteiger partial charge in [-0.15, -0.1) is 0 Å². The van der Waals surface area contributed by atoms with Crippen LogP contribution in [0.15, 0.2) is 36.4 Å². The highest BCUT2D eigenvalue weighted by Gasteiger charge is 2.16. The molecule has 0 aliphatic carbocycles. The fourth-order valence-corrected chi connectivity index (χ4v) is 2.35. The second-order valence-corrected chi connectivity index (χ2v) is 5.01. The van der Waals surface area contributed by atoms with E-state index in [1.165, 1.54) is 16.7 Å². The van der Waals surface area contributed by atoms with Crippen molar-refractivity contribution in [3.63, 3.8) is 0 Å². The van der Waals surface area contributed by atoms with Crippen LogP contribution in [0.1, 0.15) is 33.9 Å². The van der Waals surface area contributed by atoms with E-state index in [2.05, 4.69) is 51.1 Å². The van der Waals surface area contributed by atoms with Crippen molar-refractivity contribution in [3.8, 4) is 5.75 Å². The highest BCUT2D eigenvalue weighted by molar-refractivity contribution is 5.46. The first-order valence-electron chi connectivity index (χ1n) is 6.51. The third kappa shape index (κ3) is 2.64. The summed E-state index contributed by atoms with van der Waals surface area (Å²) in [6.07, 6.45) is 0. The van der Waals surface area contributed by atoms with Gasteiger partial charge in [0.1, 0.15) is 5.75 Å². The zero-order chi connectivity index (χ0) is 14.0. The fourth-order valence-electron chi connectivity index (χ4n) is 2.35. The Kier molecular flexibility index (Phi) is 3.91. The number of aryl methyl sites for hydroxylation is 2. The predicted octanol–water partition coefficient (Wildman–Crippen LogP) is 3.67. The average Bonchev–Trinajstić information content (AvgIpc) is 2.41. The lowest BCUT2D eigenvalue weighted by atomic mass is 9.92. The average molecular weight is 255 g/mol. The SMILES string of the molecule is COc1cc(C)ccc1C(N)c1cccc(C)c1C. The smallest absolute Gasteiger partial charge is 0.124 e. The molecule has 2 aromatic carbocycles. The second kappa shape index (κ2) is 5.45. The highest BCUT2D eigenvalue weighted by Crippen LogP contribution is 2.31. The molecule has 2 N–H and O–H groups in total. The van der Waals surface area contributed by atoms with Crippen molar-refractivity contribution in [3.05, 3.63) is 64.2 Å². The minimum absolute atomic E-state index is 0.157. The lowest BCUT2D eigenvalue weighted by Crippen LogP contribution is -2.15. The van der Waals surface area contributed by atoms with Gasteiger partial charge in [0, 0.05) is 5.56 Å². The van der Waals surface area contributed by atoms with Gasteiger partial charge in [0.25, 0.3) is 0 Å². The normalized spacial score (nSPS) is 12.3. The predicted molar refractivity (Wildman–Crippen MR) is 79.7 cm³/mol. The van der Waals surface area contributed by atoms with Gasteiger partial charge in [0.2, 0.25) is 0 Å². The van der Waals surface area contributed by atoms with Crippen LogP contribution in [0, 0.1) is 20.8 Å². The van der Waals surface area contributed by atoms with E-state index in [1.54, 1.807) is 7.11 Å². The maximum absolute atomic E-state index is 6.43. The minimum atomic E-state index is -0.157. The number of hydrogen-bond acceptors (Lipinski definition) is 2. The molecule has 0 radical (unpaired) electrons. The Hall–Kier alpha value is -1.80. The molecule has 2 aromatic rings. The molecule has 0 aliphatic heterocycles. The minimum Gasteiger partial charge on any atom is -0.496 e. The number of methoxy groups -OCH3 is 1. The molecule has 1 unspecified atom stereocenters. The maximum Gasteiger partial charge on any atom is 0.124 e. The number of rotatable bonds is 3. The molecule has 0 bridgehead atoms. The van der Waals surface area contributed by atoms with Crippen LogP contribution < -0.4 is 10.5 Å². The van der Waals surface area contributed by atoms with Crippen LogP contribution in [-0.2, 0) is 0 Å². The van der Waals surface area contributed by atoms with Gasteiger partial charge in [-0.2, -0.15) is 0 Å². The van der Waals surface area contributed by atoms with Gasteiger partial charge in [-0.05, 0) is 49.1 Å². The molecule has 0 aromatic heterocycles. The van der Waals surface area contributed by atoms with E-state index >= 15 is 0 Å². The van der Waals surface area contributed by atoms with E-state index in [-0.39, 0.29) is 6.04 Å². The van der Waals surface area contributed by atoms with Crippen molar-refractivity contribution >= 4 is 0 Å². The van der Waals surface area contributed by atoms with Gasteiger partial charge in [-0.1, -0.05) is 30.3 Å². The van der Waals surface area contributed by atoms with Crippen molar-refractivity contribution in [1.82, 2.24) is 0 Å². The first kappa shape index (κ1) is 13.6. The van der Waals surface area contributed by atoms with Gasteiger partial charge < -0.3 is 10.5 Å². The van der Waals surface area contributed by atoms with Crippen LogP contribution in [0.4, 0.5) is 0 Å². The maximum atomic E-state index is 6.43. The molecule has 0 heterocycles. The van der Waals surface area contributed by atoms with Gasteiger partial charge in [-0.3, -0.25) is 0 Å². The van der Waals surface area contributed by atoms with E-state index in [0.29, 0.717) is 0 Å². The van der Waals surface area contributed by atoms with Crippen LogP contribution in [0.3, 0.4) is 0 Å². The highest BCUT2D eigenvalue weighted by atomic mass is 16.5. The summed E-state index contributed by atoms with van der Waals surface area (Å²) in [6, 6.07) is 12.3. The van der Waals surface area contributed by atoms with Crippen LogP contribution >= 0.6 is 0 Å². The molecule has 2 rings (SSSR count). The number of hydrogen-bond donors (Lipinski definition) is 1. The van der Waals surface area contributed by atoms with E-state index in [9.17, 15) is 0 Å². The first-order chi connectivity index (χ1) is 9.04. The Morgan fingerprint density at radius 1 is 1.00 bits per heavy atom. The Labute approximate surface area is 115 Å². The van der Waals surface area contributed by atoms with Crippen LogP contribution in [-0.4, -0.2) is 7.11 Å².